The van der Waals surface area contributed by atoms with Gasteiger partial charge in [-0.25, -0.2) is 4.98 Å². The van der Waals surface area contributed by atoms with Crippen molar-refractivity contribution in [1.82, 2.24) is 9.97 Å². The third-order valence-corrected chi connectivity index (χ3v) is 1.50. The van der Waals surface area contributed by atoms with E-state index in [4.69, 9.17) is 5.73 Å². The van der Waals surface area contributed by atoms with Crippen LogP contribution in [-0.4, -0.2) is 23.1 Å². The number of anilines is 1. The first-order chi connectivity index (χ1) is 5.93. The summed E-state index contributed by atoms with van der Waals surface area (Å²) in [5.74, 6) is 0.828. The van der Waals surface area contributed by atoms with Crippen LogP contribution in [0.15, 0.2) is 18.6 Å². The molecule has 3 N–H and O–H groups in total. The fourth-order valence-corrected chi connectivity index (χ4v) is 0.876. The fraction of sp³-hybridized carbons (Fsp3) is 0.500. The maximum atomic E-state index is 5.35. The van der Waals surface area contributed by atoms with Gasteiger partial charge in [-0.1, -0.05) is 0 Å². The number of rotatable bonds is 5. The Hall–Kier alpha value is -1.16. The number of nitrogens with one attached hydrogen (secondary N) is 1. The number of nitrogens with two attached hydrogens (primary N) is 1. The number of hydrogen-bond acceptors (Lipinski definition) is 4. The third-order valence-electron chi connectivity index (χ3n) is 1.50. The van der Waals surface area contributed by atoms with Gasteiger partial charge in [0.1, 0.15) is 5.82 Å². The molecule has 1 aromatic rings. The Kier molecular flexibility index (Phi) is 4.08. The lowest BCUT2D eigenvalue weighted by molar-refractivity contribution is 0.772. The van der Waals surface area contributed by atoms with E-state index in [2.05, 4.69) is 15.3 Å². The minimum atomic E-state index is 0.752. The van der Waals surface area contributed by atoms with Gasteiger partial charge >= 0.3 is 0 Å². The second-order valence-corrected chi connectivity index (χ2v) is 2.51. The SMILES string of the molecule is NCCCCNc1cnccn1. The quantitative estimate of drug-likeness (QED) is 0.630. The highest BCUT2D eigenvalue weighted by Gasteiger charge is 1.90. The molecule has 1 rings (SSSR count). The molecule has 0 saturated carbocycles. The van der Waals surface area contributed by atoms with Crippen molar-refractivity contribution >= 4 is 5.82 Å². The standard InChI is InChI=1S/C8H14N4/c9-3-1-2-4-11-8-7-10-5-6-12-8/h5-7H,1-4,9H2,(H,11,12). The summed E-state index contributed by atoms with van der Waals surface area (Å²) < 4.78 is 0. The van der Waals surface area contributed by atoms with Crippen molar-refractivity contribution in [3.05, 3.63) is 18.6 Å². The molecule has 0 saturated heterocycles. The first kappa shape index (κ1) is 8.93. The van der Waals surface area contributed by atoms with Crippen LogP contribution in [0, 0.1) is 0 Å². The predicted molar refractivity (Wildman–Crippen MR) is 48.8 cm³/mol. The van der Waals surface area contributed by atoms with Crippen LogP contribution in [-0.2, 0) is 0 Å². The maximum Gasteiger partial charge on any atom is 0.144 e. The molecule has 0 aliphatic heterocycles. The largest absolute Gasteiger partial charge is 0.369 e. The highest BCUT2D eigenvalue weighted by molar-refractivity contribution is 5.29. The maximum absolute atomic E-state index is 5.35. The van der Waals surface area contributed by atoms with E-state index >= 15 is 0 Å². The summed E-state index contributed by atoms with van der Waals surface area (Å²) in [5, 5.41) is 3.15. The minimum Gasteiger partial charge on any atom is -0.369 e. The predicted octanol–water partition coefficient (Wildman–Crippen LogP) is 0.627. The number of aromatic nitrogens is 2. The molecule has 66 valence electrons. The highest BCUT2D eigenvalue weighted by Crippen LogP contribution is 1.97. The zero-order valence-corrected chi connectivity index (χ0v) is 7.03. The minimum absolute atomic E-state index is 0.752. The van der Waals surface area contributed by atoms with Crippen LogP contribution in [0.1, 0.15) is 12.8 Å². The van der Waals surface area contributed by atoms with Gasteiger partial charge in [-0.3, -0.25) is 4.98 Å². The molecule has 0 aliphatic rings. The van der Waals surface area contributed by atoms with Gasteiger partial charge in [0.2, 0.25) is 0 Å². The summed E-state index contributed by atoms with van der Waals surface area (Å²) in [6.45, 7) is 1.66. The van der Waals surface area contributed by atoms with Crippen molar-refractivity contribution < 1.29 is 0 Å². The van der Waals surface area contributed by atoms with Crippen LogP contribution in [0.4, 0.5) is 5.82 Å². The van der Waals surface area contributed by atoms with Gasteiger partial charge in [0.25, 0.3) is 0 Å². The Labute approximate surface area is 72.2 Å². The van der Waals surface area contributed by atoms with E-state index in [1.807, 2.05) is 0 Å². The van der Waals surface area contributed by atoms with Crippen LogP contribution in [0.2, 0.25) is 0 Å². The Morgan fingerprint density at radius 3 is 2.92 bits per heavy atom. The molecule has 0 atom stereocenters. The van der Waals surface area contributed by atoms with Gasteiger partial charge in [0.15, 0.2) is 0 Å². The molecule has 0 fully saturated rings. The van der Waals surface area contributed by atoms with Gasteiger partial charge in [0, 0.05) is 18.9 Å². The van der Waals surface area contributed by atoms with Crippen LogP contribution in [0.3, 0.4) is 0 Å². The van der Waals surface area contributed by atoms with Crippen LogP contribution in [0.5, 0.6) is 0 Å². The molecular weight excluding hydrogens is 152 g/mol. The summed E-state index contributed by atoms with van der Waals surface area (Å²) >= 11 is 0. The lowest BCUT2D eigenvalue weighted by Crippen LogP contribution is -2.06. The van der Waals surface area contributed by atoms with E-state index in [0.717, 1.165) is 31.7 Å². The molecule has 12 heavy (non-hydrogen) atoms. The molecular formula is C8H14N4. The van der Waals surface area contributed by atoms with Crippen molar-refractivity contribution in [3.63, 3.8) is 0 Å². The smallest absolute Gasteiger partial charge is 0.144 e. The zero-order chi connectivity index (χ0) is 8.65. The monoisotopic (exact) mass is 166 g/mol. The van der Waals surface area contributed by atoms with Gasteiger partial charge in [-0.2, -0.15) is 0 Å². The van der Waals surface area contributed by atoms with Crippen LogP contribution >= 0.6 is 0 Å². The average Bonchev–Trinajstić information content (AvgIpc) is 2.14. The summed E-state index contributed by atoms with van der Waals surface area (Å²) in [6, 6.07) is 0. The van der Waals surface area contributed by atoms with Crippen LogP contribution < -0.4 is 11.1 Å². The number of unbranched alkanes of at least 4 members (excludes halogenated alkanes) is 1. The molecule has 0 unspecified atom stereocenters. The lowest BCUT2D eigenvalue weighted by atomic mass is 10.3. The van der Waals surface area contributed by atoms with E-state index in [1.54, 1.807) is 18.6 Å². The number of nitrogens with zero attached hydrogens (tertiary/aromatic N) is 2. The van der Waals surface area contributed by atoms with Gasteiger partial charge in [-0.15, -0.1) is 0 Å². The Balaban J connectivity index is 2.16. The molecule has 0 spiro atoms. The van der Waals surface area contributed by atoms with E-state index in [1.165, 1.54) is 0 Å². The number of hydrogen-bond donors (Lipinski definition) is 2. The topological polar surface area (TPSA) is 63.8 Å². The summed E-state index contributed by atoms with van der Waals surface area (Å²) in [4.78, 5) is 8.01. The average molecular weight is 166 g/mol. The van der Waals surface area contributed by atoms with Crippen molar-refractivity contribution in [1.29, 1.82) is 0 Å². The second kappa shape index (κ2) is 5.49. The molecule has 1 heterocycles. The summed E-state index contributed by atoms with van der Waals surface area (Å²) in [6.07, 6.45) is 7.17. The van der Waals surface area contributed by atoms with E-state index < -0.39 is 0 Å². The van der Waals surface area contributed by atoms with Crippen molar-refractivity contribution in [3.8, 4) is 0 Å². The Morgan fingerprint density at radius 1 is 1.33 bits per heavy atom. The van der Waals surface area contributed by atoms with Gasteiger partial charge in [0.05, 0.1) is 6.20 Å². The second-order valence-electron chi connectivity index (χ2n) is 2.51. The van der Waals surface area contributed by atoms with Crippen molar-refractivity contribution in [2.75, 3.05) is 18.4 Å². The van der Waals surface area contributed by atoms with Gasteiger partial charge < -0.3 is 11.1 Å². The normalized spacial score (nSPS) is 9.75. The van der Waals surface area contributed by atoms with Crippen molar-refractivity contribution in [2.45, 2.75) is 12.8 Å². The molecule has 4 nitrogen and oxygen atoms in total. The van der Waals surface area contributed by atoms with E-state index in [9.17, 15) is 0 Å². The van der Waals surface area contributed by atoms with Crippen LogP contribution in [0.25, 0.3) is 0 Å². The van der Waals surface area contributed by atoms with E-state index in [0.29, 0.717) is 0 Å². The molecule has 0 radical (unpaired) electrons. The summed E-state index contributed by atoms with van der Waals surface area (Å²) in [5.41, 5.74) is 5.35. The first-order valence-corrected chi connectivity index (χ1v) is 4.13. The van der Waals surface area contributed by atoms with Crippen molar-refractivity contribution in [2.24, 2.45) is 5.73 Å². The fourth-order valence-electron chi connectivity index (χ4n) is 0.876. The molecule has 4 heteroatoms. The molecule has 0 bridgehead atoms. The van der Waals surface area contributed by atoms with Gasteiger partial charge in [-0.05, 0) is 19.4 Å². The highest BCUT2D eigenvalue weighted by atomic mass is 15.0. The molecule has 0 aromatic carbocycles. The zero-order valence-electron chi connectivity index (χ0n) is 7.03. The summed E-state index contributed by atoms with van der Waals surface area (Å²) in [7, 11) is 0. The van der Waals surface area contributed by atoms with E-state index in [-0.39, 0.29) is 0 Å². The Bertz CT molecular complexity index is 199. The molecule has 0 amide bonds. The lowest BCUT2D eigenvalue weighted by Gasteiger charge is -2.02. The Morgan fingerprint density at radius 2 is 2.25 bits per heavy atom. The first-order valence-electron chi connectivity index (χ1n) is 4.13. The molecule has 1 aromatic heterocycles. The third kappa shape index (κ3) is 3.30. The molecule has 0 aliphatic carbocycles.